The number of nitro benzene ring substituents is 1. The average molecular weight is 281 g/mol. The summed E-state index contributed by atoms with van der Waals surface area (Å²) in [4.78, 5) is 10.4. The van der Waals surface area contributed by atoms with Crippen molar-refractivity contribution >= 4 is 11.8 Å². The minimum absolute atomic E-state index is 0.115. The summed E-state index contributed by atoms with van der Waals surface area (Å²) in [5.74, 6) is 0.958. The first-order valence-electron chi connectivity index (χ1n) is 6.70. The van der Waals surface area contributed by atoms with Crippen LogP contribution in [0.4, 0.5) is 5.69 Å². The lowest BCUT2D eigenvalue weighted by Crippen LogP contribution is -2.00. The smallest absolute Gasteiger partial charge is 0.269 e. The summed E-state index contributed by atoms with van der Waals surface area (Å²) in [6, 6.07) is 12.8. The molecule has 1 aliphatic rings. The van der Waals surface area contributed by atoms with E-state index >= 15 is 0 Å². The minimum atomic E-state index is -0.377. The predicted molar refractivity (Wildman–Crippen MR) is 81.6 cm³/mol. The maximum atomic E-state index is 10.8. The Morgan fingerprint density at radius 3 is 2.48 bits per heavy atom. The average Bonchev–Trinajstić information content (AvgIpc) is 2.82. The van der Waals surface area contributed by atoms with Gasteiger partial charge in [-0.15, -0.1) is 0 Å². The van der Waals surface area contributed by atoms with E-state index in [1.54, 1.807) is 19.2 Å². The van der Waals surface area contributed by atoms with Gasteiger partial charge in [-0.3, -0.25) is 10.1 Å². The van der Waals surface area contributed by atoms with Crippen LogP contribution in [0.15, 0.2) is 48.0 Å². The van der Waals surface area contributed by atoms with Crippen molar-refractivity contribution in [3.63, 3.8) is 0 Å². The molecule has 0 spiro atoms. The largest absolute Gasteiger partial charge is 0.497 e. The molecule has 106 valence electrons. The van der Waals surface area contributed by atoms with Gasteiger partial charge in [0.05, 0.1) is 12.0 Å². The molecule has 2 aromatic rings. The third-order valence-corrected chi connectivity index (χ3v) is 3.88. The molecule has 0 saturated heterocycles. The lowest BCUT2D eigenvalue weighted by molar-refractivity contribution is -0.384. The fraction of sp³-hybridized carbons (Fsp3) is 0.176. The second-order valence-electron chi connectivity index (χ2n) is 5.16. The Bertz CT molecular complexity index is 732. The molecule has 0 fully saturated rings. The van der Waals surface area contributed by atoms with Crippen LogP contribution < -0.4 is 4.74 Å². The van der Waals surface area contributed by atoms with Crippen LogP contribution >= 0.6 is 0 Å². The zero-order valence-corrected chi connectivity index (χ0v) is 11.9. The van der Waals surface area contributed by atoms with Gasteiger partial charge in [-0.25, -0.2) is 0 Å². The monoisotopic (exact) mass is 281 g/mol. The van der Waals surface area contributed by atoms with E-state index in [1.165, 1.54) is 16.7 Å². The number of fused-ring (bicyclic) bond motifs is 1. The van der Waals surface area contributed by atoms with E-state index in [1.807, 2.05) is 30.3 Å². The van der Waals surface area contributed by atoms with Crippen LogP contribution in [0.1, 0.15) is 29.5 Å². The molecular formula is C17H15NO3. The van der Waals surface area contributed by atoms with Crippen molar-refractivity contribution in [2.45, 2.75) is 12.8 Å². The fourth-order valence-corrected chi connectivity index (χ4v) is 2.87. The van der Waals surface area contributed by atoms with Crippen molar-refractivity contribution < 1.29 is 9.66 Å². The molecule has 0 bridgehead atoms. The van der Waals surface area contributed by atoms with Crippen molar-refractivity contribution in [2.75, 3.05) is 7.11 Å². The van der Waals surface area contributed by atoms with Crippen LogP contribution in [0.25, 0.3) is 6.08 Å². The highest BCUT2D eigenvalue weighted by atomic mass is 16.6. The van der Waals surface area contributed by atoms with Crippen LogP contribution in [0.2, 0.25) is 0 Å². The Kier molecular flexibility index (Phi) is 3.22. The summed E-state index contributed by atoms with van der Waals surface area (Å²) in [5, 5.41) is 10.8. The molecule has 0 N–H and O–H groups in total. The van der Waals surface area contributed by atoms with Crippen LogP contribution in [0.5, 0.6) is 5.75 Å². The van der Waals surface area contributed by atoms with Crippen LogP contribution in [-0.2, 0) is 0 Å². The summed E-state index contributed by atoms with van der Waals surface area (Å²) >= 11 is 0. The second kappa shape index (κ2) is 5.05. The SMILES string of the molecule is COc1ccc2c(c1)C(c1ccc([N+](=O)[O-])cc1)C(C)=C2. The number of non-ortho nitro benzene ring substituents is 1. The number of benzene rings is 2. The van der Waals surface area contributed by atoms with Gasteiger partial charge in [0.25, 0.3) is 5.69 Å². The molecule has 0 heterocycles. The van der Waals surface area contributed by atoms with Gasteiger partial charge < -0.3 is 4.74 Å². The van der Waals surface area contributed by atoms with E-state index in [9.17, 15) is 10.1 Å². The lowest BCUT2D eigenvalue weighted by Gasteiger charge is -2.15. The van der Waals surface area contributed by atoms with Crippen molar-refractivity contribution in [3.05, 3.63) is 74.8 Å². The maximum absolute atomic E-state index is 10.8. The molecule has 2 aromatic carbocycles. The number of nitrogens with zero attached hydrogens (tertiary/aromatic N) is 1. The van der Waals surface area contributed by atoms with E-state index < -0.39 is 0 Å². The van der Waals surface area contributed by atoms with Crippen molar-refractivity contribution in [3.8, 4) is 5.75 Å². The molecule has 0 radical (unpaired) electrons. The zero-order valence-electron chi connectivity index (χ0n) is 11.9. The number of ether oxygens (including phenoxy) is 1. The molecule has 1 atom stereocenters. The number of hydrogen-bond donors (Lipinski definition) is 0. The molecule has 1 aliphatic carbocycles. The van der Waals surface area contributed by atoms with E-state index in [4.69, 9.17) is 4.74 Å². The summed E-state index contributed by atoms with van der Waals surface area (Å²) in [7, 11) is 1.65. The molecule has 4 heteroatoms. The molecule has 21 heavy (non-hydrogen) atoms. The second-order valence-corrected chi connectivity index (χ2v) is 5.16. The normalized spacial score (nSPS) is 16.3. The van der Waals surface area contributed by atoms with Gasteiger partial charge in [-0.2, -0.15) is 0 Å². The van der Waals surface area contributed by atoms with Crippen LogP contribution in [-0.4, -0.2) is 12.0 Å². The first kappa shape index (κ1) is 13.4. The van der Waals surface area contributed by atoms with Gasteiger partial charge in [0, 0.05) is 18.1 Å². The highest BCUT2D eigenvalue weighted by Gasteiger charge is 2.25. The number of hydrogen-bond acceptors (Lipinski definition) is 3. The maximum Gasteiger partial charge on any atom is 0.269 e. The summed E-state index contributed by atoms with van der Waals surface area (Å²) in [6.07, 6.45) is 2.15. The van der Waals surface area contributed by atoms with E-state index in [2.05, 4.69) is 13.0 Å². The number of rotatable bonds is 3. The molecule has 3 rings (SSSR count). The number of allylic oxidation sites excluding steroid dienone is 1. The quantitative estimate of drug-likeness (QED) is 0.627. The number of methoxy groups -OCH3 is 1. The molecule has 0 aliphatic heterocycles. The van der Waals surface area contributed by atoms with Crippen molar-refractivity contribution in [1.82, 2.24) is 0 Å². The minimum Gasteiger partial charge on any atom is -0.497 e. The highest BCUT2D eigenvalue weighted by molar-refractivity contribution is 5.70. The Balaban J connectivity index is 2.03. The fourth-order valence-electron chi connectivity index (χ4n) is 2.87. The van der Waals surface area contributed by atoms with Crippen LogP contribution in [0.3, 0.4) is 0 Å². The Morgan fingerprint density at radius 2 is 1.86 bits per heavy atom. The molecular weight excluding hydrogens is 266 g/mol. The first-order chi connectivity index (χ1) is 10.1. The van der Waals surface area contributed by atoms with Gasteiger partial charge in [-0.1, -0.05) is 29.8 Å². The standard InChI is InChI=1S/C17H15NO3/c1-11-9-13-5-8-15(21-2)10-16(13)17(11)12-3-6-14(7-4-12)18(19)20/h3-10,17H,1-2H3. The van der Waals surface area contributed by atoms with E-state index in [0.29, 0.717) is 0 Å². The van der Waals surface area contributed by atoms with Gasteiger partial charge in [0.15, 0.2) is 0 Å². The van der Waals surface area contributed by atoms with Crippen LogP contribution in [0, 0.1) is 10.1 Å². The Hall–Kier alpha value is -2.62. The van der Waals surface area contributed by atoms with Gasteiger partial charge in [-0.05, 0) is 35.7 Å². The topological polar surface area (TPSA) is 52.4 Å². The Labute approximate surface area is 122 Å². The molecule has 4 nitrogen and oxygen atoms in total. The first-order valence-corrected chi connectivity index (χ1v) is 6.70. The van der Waals surface area contributed by atoms with Gasteiger partial charge in [0.1, 0.15) is 5.75 Å². The summed E-state index contributed by atoms with van der Waals surface area (Å²) in [6.45, 7) is 2.08. The lowest BCUT2D eigenvalue weighted by atomic mass is 9.89. The summed E-state index contributed by atoms with van der Waals surface area (Å²) in [5.41, 5.74) is 4.76. The van der Waals surface area contributed by atoms with E-state index in [0.717, 1.165) is 11.3 Å². The van der Waals surface area contributed by atoms with E-state index in [-0.39, 0.29) is 16.5 Å². The third-order valence-electron chi connectivity index (χ3n) is 3.88. The number of nitro groups is 1. The van der Waals surface area contributed by atoms with Crippen molar-refractivity contribution in [1.29, 1.82) is 0 Å². The Morgan fingerprint density at radius 1 is 1.14 bits per heavy atom. The molecule has 0 saturated carbocycles. The molecule has 0 aromatic heterocycles. The van der Waals surface area contributed by atoms with Crippen molar-refractivity contribution in [2.24, 2.45) is 0 Å². The highest BCUT2D eigenvalue weighted by Crippen LogP contribution is 2.42. The predicted octanol–water partition coefficient (Wildman–Crippen LogP) is 4.15. The van der Waals surface area contributed by atoms with Gasteiger partial charge in [0.2, 0.25) is 0 Å². The third kappa shape index (κ3) is 2.29. The summed E-state index contributed by atoms with van der Waals surface area (Å²) < 4.78 is 5.30. The zero-order chi connectivity index (χ0) is 15.0. The van der Waals surface area contributed by atoms with Gasteiger partial charge >= 0.3 is 0 Å². The molecule has 0 amide bonds. The molecule has 1 unspecified atom stereocenters.